The average molecular weight is 244 g/mol. The van der Waals surface area contributed by atoms with Gasteiger partial charge in [-0.15, -0.1) is 0 Å². The van der Waals surface area contributed by atoms with Gasteiger partial charge in [-0.3, -0.25) is 14.3 Å². The number of para-hydroxylation sites is 1. The molecular formula is C13H12N2O3. The zero-order valence-electron chi connectivity index (χ0n) is 9.92. The quantitative estimate of drug-likeness (QED) is 0.563. The minimum atomic E-state index is -0.467. The smallest absolute Gasteiger partial charge is 0.314 e. The molecule has 5 nitrogen and oxygen atoms in total. The number of cyclic esters (lactones) is 2. The molecule has 92 valence electrons. The summed E-state index contributed by atoms with van der Waals surface area (Å²) in [6, 6.07) is 7.79. The van der Waals surface area contributed by atoms with Gasteiger partial charge in [0.25, 0.3) is 0 Å². The lowest BCUT2D eigenvalue weighted by atomic mass is 9.93. The molecule has 18 heavy (non-hydrogen) atoms. The maximum absolute atomic E-state index is 11.3. The van der Waals surface area contributed by atoms with Gasteiger partial charge in [-0.1, -0.05) is 18.2 Å². The summed E-state index contributed by atoms with van der Waals surface area (Å²) in [6.07, 6.45) is 0.430. The Morgan fingerprint density at radius 1 is 1.22 bits per heavy atom. The second kappa shape index (κ2) is 3.94. The molecule has 0 unspecified atom stereocenters. The van der Waals surface area contributed by atoms with Gasteiger partial charge in [0, 0.05) is 18.4 Å². The van der Waals surface area contributed by atoms with E-state index in [1.165, 1.54) is 0 Å². The SMILES string of the molecule is Cn1nc(C2CC(=O)OC(=O)C2)c2ccccc21. The lowest BCUT2D eigenvalue weighted by Crippen LogP contribution is -2.24. The third kappa shape index (κ3) is 1.68. The Morgan fingerprint density at radius 2 is 1.89 bits per heavy atom. The summed E-state index contributed by atoms with van der Waals surface area (Å²) >= 11 is 0. The molecule has 1 fully saturated rings. The minimum Gasteiger partial charge on any atom is -0.393 e. The largest absolute Gasteiger partial charge is 0.393 e. The Kier molecular flexibility index (Phi) is 2.40. The number of hydrogen-bond acceptors (Lipinski definition) is 4. The fourth-order valence-corrected chi connectivity index (χ4v) is 2.42. The van der Waals surface area contributed by atoms with Gasteiger partial charge in [0.15, 0.2) is 0 Å². The lowest BCUT2D eigenvalue weighted by molar-refractivity contribution is -0.163. The first kappa shape index (κ1) is 11.0. The molecule has 1 aromatic carbocycles. The first-order valence-corrected chi connectivity index (χ1v) is 5.80. The lowest BCUT2D eigenvalue weighted by Gasteiger charge is -2.18. The fourth-order valence-electron chi connectivity index (χ4n) is 2.42. The second-order valence-electron chi connectivity index (χ2n) is 4.48. The molecule has 3 rings (SSSR count). The molecule has 0 radical (unpaired) electrons. The summed E-state index contributed by atoms with van der Waals surface area (Å²) in [5.74, 6) is -1.11. The van der Waals surface area contributed by atoms with E-state index in [2.05, 4.69) is 9.84 Å². The van der Waals surface area contributed by atoms with Crippen LogP contribution in [0.15, 0.2) is 24.3 Å². The number of rotatable bonds is 1. The van der Waals surface area contributed by atoms with Crippen LogP contribution in [-0.4, -0.2) is 21.7 Å². The molecule has 1 aromatic heterocycles. The molecular weight excluding hydrogens is 232 g/mol. The highest BCUT2D eigenvalue weighted by Crippen LogP contribution is 2.32. The van der Waals surface area contributed by atoms with Gasteiger partial charge in [-0.05, 0) is 6.07 Å². The van der Waals surface area contributed by atoms with E-state index in [9.17, 15) is 9.59 Å². The van der Waals surface area contributed by atoms with Crippen LogP contribution in [0.5, 0.6) is 0 Å². The van der Waals surface area contributed by atoms with E-state index < -0.39 is 11.9 Å². The zero-order valence-corrected chi connectivity index (χ0v) is 9.92. The Balaban J connectivity index is 2.09. The molecule has 1 aliphatic rings. The number of esters is 2. The molecule has 0 bridgehead atoms. The van der Waals surface area contributed by atoms with Crippen molar-refractivity contribution in [2.24, 2.45) is 7.05 Å². The molecule has 0 N–H and O–H groups in total. The molecule has 0 spiro atoms. The van der Waals surface area contributed by atoms with Crippen molar-refractivity contribution in [3.05, 3.63) is 30.0 Å². The maximum Gasteiger partial charge on any atom is 0.314 e. The van der Waals surface area contributed by atoms with Crippen LogP contribution in [0.1, 0.15) is 24.5 Å². The van der Waals surface area contributed by atoms with Crippen LogP contribution in [0.4, 0.5) is 0 Å². The van der Waals surface area contributed by atoms with Crippen molar-refractivity contribution in [2.75, 3.05) is 0 Å². The molecule has 0 atom stereocenters. The molecule has 2 aromatic rings. The minimum absolute atomic E-state index is 0.176. The van der Waals surface area contributed by atoms with Gasteiger partial charge in [0.1, 0.15) is 0 Å². The second-order valence-corrected chi connectivity index (χ2v) is 4.48. The van der Waals surface area contributed by atoms with E-state index in [1.807, 2.05) is 31.3 Å². The first-order chi connectivity index (χ1) is 8.65. The molecule has 2 heterocycles. The van der Waals surface area contributed by atoms with Crippen LogP contribution in [0.25, 0.3) is 10.9 Å². The number of carbonyl (C=O) groups excluding carboxylic acids is 2. The van der Waals surface area contributed by atoms with Gasteiger partial charge in [-0.25, -0.2) is 0 Å². The van der Waals surface area contributed by atoms with Crippen molar-refractivity contribution in [1.29, 1.82) is 0 Å². The predicted molar refractivity (Wildman–Crippen MR) is 63.8 cm³/mol. The number of carbonyl (C=O) groups is 2. The Hall–Kier alpha value is -2.17. The highest BCUT2D eigenvalue weighted by molar-refractivity contribution is 5.91. The van der Waals surface area contributed by atoms with Crippen molar-refractivity contribution in [3.8, 4) is 0 Å². The number of fused-ring (bicyclic) bond motifs is 1. The number of nitrogens with zero attached hydrogens (tertiary/aromatic N) is 2. The van der Waals surface area contributed by atoms with Crippen LogP contribution in [-0.2, 0) is 21.4 Å². The number of aryl methyl sites for hydroxylation is 1. The van der Waals surface area contributed by atoms with Crippen molar-refractivity contribution in [1.82, 2.24) is 9.78 Å². The van der Waals surface area contributed by atoms with E-state index in [0.29, 0.717) is 0 Å². The molecule has 1 saturated heterocycles. The summed E-state index contributed by atoms with van der Waals surface area (Å²) in [5, 5.41) is 5.43. The molecule has 0 aliphatic carbocycles. The number of hydrogen-bond donors (Lipinski definition) is 0. The van der Waals surface area contributed by atoms with Crippen LogP contribution in [0.3, 0.4) is 0 Å². The number of ether oxygens (including phenoxy) is 1. The van der Waals surface area contributed by atoms with Gasteiger partial charge in [0.2, 0.25) is 0 Å². The highest BCUT2D eigenvalue weighted by Gasteiger charge is 2.31. The predicted octanol–water partition coefficient (Wildman–Crippen LogP) is 1.52. The van der Waals surface area contributed by atoms with Crippen LogP contribution < -0.4 is 0 Å². The molecule has 5 heteroatoms. The molecule has 1 aliphatic heterocycles. The molecule has 0 amide bonds. The van der Waals surface area contributed by atoms with Crippen LogP contribution >= 0.6 is 0 Å². The van der Waals surface area contributed by atoms with Crippen molar-refractivity contribution < 1.29 is 14.3 Å². The Morgan fingerprint density at radius 3 is 2.61 bits per heavy atom. The summed E-state index contributed by atoms with van der Waals surface area (Å²) in [4.78, 5) is 22.6. The maximum atomic E-state index is 11.3. The van der Waals surface area contributed by atoms with Crippen molar-refractivity contribution in [3.63, 3.8) is 0 Å². The monoisotopic (exact) mass is 244 g/mol. The van der Waals surface area contributed by atoms with Crippen molar-refractivity contribution in [2.45, 2.75) is 18.8 Å². The normalized spacial score (nSPS) is 17.2. The zero-order chi connectivity index (χ0) is 12.7. The van der Waals surface area contributed by atoms with E-state index >= 15 is 0 Å². The summed E-state index contributed by atoms with van der Waals surface area (Å²) in [6.45, 7) is 0. The van der Waals surface area contributed by atoms with Crippen LogP contribution in [0, 0.1) is 0 Å². The summed E-state index contributed by atoms with van der Waals surface area (Å²) in [5.41, 5.74) is 1.80. The average Bonchev–Trinajstić information content (AvgIpc) is 2.66. The summed E-state index contributed by atoms with van der Waals surface area (Å²) < 4.78 is 6.32. The van der Waals surface area contributed by atoms with Gasteiger partial charge in [-0.2, -0.15) is 5.10 Å². The first-order valence-electron chi connectivity index (χ1n) is 5.80. The van der Waals surface area contributed by atoms with E-state index in [0.717, 1.165) is 16.6 Å². The van der Waals surface area contributed by atoms with Gasteiger partial charge < -0.3 is 4.74 Å². The van der Waals surface area contributed by atoms with E-state index in [4.69, 9.17) is 0 Å². The van der Waals surface area contributed by atoms with E-state index in [-0.39, 0.29) is 18.8 Å². The fraction of sp³-hybridized carbons (Fsp3) is 0.308. The van der Waals surface area contributed by atoms with Crippen molar-refractivity contribution >= 4 is 22.8 Å². The van der Waals surface area contributed by atoms with Gasteiger partial charge in [0.05, 0.1) is 24.1 Å². The topological polar surface area (TPSA) is 61.2 Å². The standard InChI is InChI=1S/C13H12N2O3/c1-15-10-5-3-2-4-9(10)13(14-15)8-6-11(16)18-12(17)7-8/h2-5,8H,6-7H2,1H3. The van der Waals surface area contributed by atoms with E-state index in [1.54, 1.807) is 4.68 Å². The van der Waals surface area contributed by atoms with Gasteiger partial charge >= 0.3 is 11.9 Å². The number of aromatic nitrogens is 2. The summed E-state index contributed by atoms with van der Waals surface area (Å²) in [7, 11) is 1.86. The third-order valence-corrected chi connectivity index (χ3v) is 3.23. The molecule has 0 saturated carbocycles. The third-order valence-electron chi connectivity index (χ3n) is 3.23. The Bertz CT molecular complexity index is 629. The highest BCUT2D eigenvalue weighted by atomic mass is 16.6. The Labute approximate surface area is 103 Å². The number of benzene rings is 1. The van der Waals surface area contributed by atoms with Crippen LogP contribution in [0.2, 0.25) is 0 Å².